The highest BCUT2D eigenvalue weighted by molar-refractivity contribution is 7.80. The number of hydrogen-bond acceptors (Lipinski definition) is 2. The van der Waals surface area contributed by atoms with Crippen LogP contribution < -0.4 is 15.4 Å². The molecule has 86 valence electrons. The van der Waals surface area contributed by atoms with Gasteiger partial charge in [-0.2, -0.15) is 0 Å². The van der Waals surface area contributed by atoms with E-state index >= 15 is 0 Å². The van der Waals surface area contributed by atoms with E-state index in [1.165, 1.54) is 12.8 Å². The molecular weight excluding hydrogens is 220 g/mol. The highest BCUT2D eigenvalue weighted by Crippen LogP contribution is 2.24. The third-order valence-electron chi connectivity index (χ3n) is 2.35. The van der Waals surface area contributed by atoms with Gasteiger partial charge in [0.25, 0.3) is 0 Å². The monoisotopic (exact) mass is 236 g/mol. The van der Waals surface area contributed by atoms with Gasteiger partial charge in [0.05, 0.1) is 12.3 Å². The van der Waals surface area contributed by atoms with E-state index in [1.54, 1.807) is 0 Å². The Kier molecular flexibility index (Phi) is 3.62. The van der Waals surface area contributed by atoms with Crippen LogP contribution in [0.15, 0.2) is 24.3 Å². The van der Waals surface area contributed by atoms with Gasteiger partial charge >= 0.3 is 0 Å². The zero-order chi connectivity index (χ0) is 11.4. The van der Waals surface area contributed by atoms with Crippen LogP contribution in [0.2, 0.25) is 0 Å². The molecule has 3 nitrogen and oxygen atoms in total. The van der Waals surface area contributed by atoms with Crippen LogP contribution in [-0.4, -0.2) is 17.8 Å². The summed E-state index contributed by atoms with van der Waals surface area (Å²) in [7, 11) is 0. The molecule has 1 fully saturated rings. The zero-order valence-electron chi connectivity index (χ0n) is 9.32. The van der Waals surface area contributed by atoms with Gasteiger partial charge < -0.3 is 15.4 Å². The smallest absolute Gasteiger partial charge is 0.171 e. The molecule has 1 aromatic rings. The number of ether oxygens (including phenoxy) is 1. The number of thiocarbonyl (C=S) groups is 1. The minimum Gasteiger partial charge on any atom is -0.492 e. The number of hydrogen-bond donors (Lipinski definition) is 2. The molecule has 4 heteroatoms. The van der Waals surface area contributed by atoms with Crippen LogP contribution in [0.3, 0.4) is 0 Å². The van der Waals surface area contributed by atoms with Gasteiger partial charge in [-0.1, -0.05) is 12.1 Å². The summed E-state index contributed by atoms with van der Waals surface area (Å²) in [6, 6.07) is 8.38. The Balaban J connectivity index is 1.98. The fourth-order valence-corrected chi connectivity index (χ4v) is 1.70. The molecule has 0 atom stereocenters. The van der Waals surface area contributed by atoms with Crippen molar-refractivity contribution >= 4 is 23.0 Å². The lowest BCUT2D eigenvalue weighted by molar-refractivity contribution is 0.342. The summed E-state index contributed by atoms with van der Waals surface area (Å²) in [6.45, 7) is 2.62. The second-order valence-electron chi connectivity index (χ2n) is 3.80. The molecule has 2 N–H and O–H groups in total. The summed E-state index contributed by atoms with van der Waals surface area (Å²) in [5.41, 5.74) is 0.919. The molecule has 1 saturated carbocycles. The standard InChI is InChI=1S/C12H16N2OS/c1-2-15-11-6-4-3-5-10(11)14-12(16)13-9-7-8-9/h3-6,9H,2,7-8H2,1H3,(H2,13,14,16). The van der Waals surface area contributed by atoms with Crippen LogP contribution in [-0.2, 0) is 0 Å². The van der Waals surface area contributed by atoms with Crippen molar-refractivity contribution in [1.29, 1.82) is 0 Å². The number of para-hydroxylation sites is 2. The number of nitrogens with one attached hydrogen (secondary N) is 2. The Morgan fingerprint density at radius 2 is 2.19 bits per heavy atom. The molecule has 0 aliphatic heterocycles. The third kappa shape index (κ3) is 3.10. The van der Waals surface area contributed by atoms with Gasteiger partial charge in [0.1, 0.15) is 5.75 Å². The molecule has 0 heterocycles. The summed E-state index contributed by atoms with van der Waals surface area (Å²) >= 11 is 5.22. The lowest BCUT2D eigenvalue weighted by atomic mass is 10.3. The van der Waals surface area contributed by atoms with Crippen LogP contribution in [0.4, 0.5) is 5.69 Å². The first-order valence-corrected chi connectivity index (χ1v) is 5.99. The van der Waals surface area contributed by atoms with E-state index in [9.17, 15) is 0 Å². The van der Waals surface area contributed by atoms with Gasteiger partial charge in [0.15, 0.2) is 5.11 Å². The topological polar surface area (TPSA) is 33.3 Å². The first-order chi connectivity index (χ1) is 7.79. The number of benzene rings is 1. The molecule has 0 amide bonds. The quantitative estimate of drug-likeness (QED) is 0.787. The zero-order valence-corrected chi connectivity index (χ0v) is 10.1. The second-order valence-corrected chi connectivity index (χ2v) is 4.21. The summed E-state index contributed by atoms with van der Waals surface area (Å²) in [6.07, 6.45) is 2.43. The molecule has 1 aliphatic rings. The minimum absolute atomic E-state index is 0.569. The Bertz CT molecular complexity index is 377. The normalized spacial score (nSPS) is 14.3. The van der Waals surface area contributed by atoms with E-state index in [0.717, 1.165) is 11.4 Å². The molecule has 0 aromatic heterocycles. The van der Waals surface area contributed by atoms with Gasteiger partial charge in [0, 0.05) is 6.04 Å². The molecule has 1 aliphatic carbocycles. The van der Waals surface area contributed by atoms with E-state index in [0.29, 0.717) is 17.8 Å². The summed E-state index contributed by atoms with van der Waals surface area (Å²) < 4.78 is 5.51. The second kappa shape index (κ2) is 5.16. The van der Waals surface area contributed by atoms with E-state index in [1.807, 2.05) is 31.2 Å². The number of anilines is 1. The molecule has 16 heavy (non-hydrogen) atoms. The van der Waals surface area contributed by atoms with Gasteiger partial charge in [-0.15, -0.1) is 0 Å². The van der Waals surface area contributed by atoms with Gasteiger partial charge in [0.2, 0.25) is 0 Å². The van der Waals surface area contributed by atoms with Crippen LogP contribution in [0.1, 0.15) is 19.8 Å². The van der Waals surface area contributed by atoms with E-state index in [-0.39, 0.29) is 0 Å². The maximum Gasteiger partial charge on any atom is 0.171 e. The lowest BCUT2D eigenvalue weighted by Gasteiger charge is -2.13. The van der Waals surface area contributed by atoms with Crippen LogP contribution >= 0.6 is 12.2 Å². The van der Waals surface area contributed by atoms with Gasteiger partial charge in [-0.05, 0) is 44.1 Å². The number of rotatable bonds is 4. The Morgan fingerprint density at radius 3 is 2.88 bits per heavy atom. The molecule has 0 spiro atoms. The van der Waals surface area contributed by atoms with Crippen molar-refractivity contribution in [3.8, 4) is 5.75 Å². The Labute approximate surface area is 101 Å². The molecular formula is C12H16N2OS. The molecule has 2 rings (SSSR count). The lowest BCUT2D eigenvalue weighted by Crippen LogP contribution is -2.30. The Morgan fingerprint density at radius 1 is 1.44 bits per heavy atom. The Hall–Kier alpha value is -1.29. The summed E-state index contributed by atoms with van der Waals surface area (Å²) in [4.78, 5) is 0. The fourth-order valence-electron chi connectivity index (χ4n) is 1.42. The van der Waals surface area contributed by atoms with Crippen molar-refractivity contribution in [2.24, 2.45) is 0 Å². The van der Waals surface area contributed by atoms with Crippen LogP contribution in [0.25, 0.3) is 0 Å². The predicted molar refractivity (Wildman–Crippen MR) is 70.0 cm³/mol. The fraction of sp³-hybridized carbons (Fsp3) is 0.417. The molecule has 0 saturated heterocycles. The molecule has 0 radical (unpaired) electrons. The third-order valence-corrected chi connectivity index (χ3v) is 2.57. The SMILES string of the molecule is CCOc1ccccc1NC(=S)NC1CC1. The van der Waals surface area contributed by atoms with Gasteiger partial charge in [-0.25, -0.2) is 0 Å². The van der Waals surface area contributed by atoms with Crippen LogP contribution in [0, 0.1) is 0 Å². The van der Waals surface area contributed by atoms with Crippen molar-refractivity contribution < 1.29 is 4.74 Å². The van der Waals surface area contributed by atoms with Crippen LogP contribution in [0.5, 0.6) is 5.75 Å². The molecule has 0 bridgehead atoms. The summed E-state index contributed by atoms with van der Waals surface area (Å²) in [5.74, 6) is 0.838. The highest BCUT2D eigenvalue weighted by Gasteiger charge is 2.21. The first-order valence-electron chi connectivity index (χ1n) is 5.59. The maximum absolute atomic E-state index is 5.51. The largest absolute Gasteiger partial charge is 0.492 e. The van der Waals surface area contributed by atoms with Crippen molar-refractivity contribution in [2.75, 3.05) is 11.9 Å². The van der Waals surface area contributed by atoms with E-state index < -0.39 is 0 Å². The van der Waals surface area contributed by atoms with Crippen molar-refractivity contribution in [3.05, 3.63) is 24.3 Å². The van der Waals surface area contributed by atoms with E-state index in [2.05, 4.69) is 10.6 Å². The predicted octanol–water partition coefficient (Wildman–Crippen LogP) is 2.53. The molecule has 1 aromatic carbocycles. The molecule has 0 unspecified atom stereocenters. The average molecular weight is 236 g/mol. The summed E-state index contributed by atoms with van der Waals surface area (Å²) in [5, 5.41) is 7.07. The minimum atomic E-state index is 0.569. The van der Waals surface area contributed by atoms with Crippen molar-refractivity contribution in [3.63, 3.8) is 0 Å². The van der Waals surface area contributed by atoms with Crippen molar-refractivity contribution in [2.45, 2.75) is 25.8 Å². The van der Waals surface area contributed by atoms with Crippen molar-refractivity contribution in [1.82, 2.24) is 5.32 Å². The maximum atomic E-state index is 5.51. The van der Waals surface area contributed by atoms with E-state index in [4.69, 9.17) is 17.0 Å². The first kappa shape index (κ1) is 11.2. The van der Waals surface area contributed by atoms with Gasteiger partial charge in [-0.3, -0.25) is 0 Å². The average Bonchev–Trinajstić information content (AvgIpc) is 3.05. The highest BCUT2D eigenvalue weighted by atomic mass is 32.1.